The van der Waals surface area contributed by atoms with Crippen molar-refractivity contribution in [3.63, 3.8) is 0 Å². The number of methoxy groups -OCH3 is 1. The fourth-order valence-electron chi connectivity index (χ4n) is 1.44. The van der Waals surface area contributed by atoms with Gasteiger partial charge < -0.3 is 15.6 Å². The number of nitrogens with one attached hydrogen (secondary N) is 1. The summed E-state index contributed by atoms with van der Waals surface area (Å²) in [6.45, 7) is 1.61. The first-order valence-electron chi connectivity index (χ1n) is 5.47. The highest BCUT2D eigenvalue weighted by Gasteiger charge is 2.18. The lowest BCUT2D eigenvalue weighted by Crippen LogP contribution is -2.33. The van der Waals surface area contributed by atoms with Crippen LogP contribution in [0.4, 0.5) is 5.69 Å². The Labute approximate surface area is 107 Å². The van der Waals surface area contributed by atoms with Crippen LogP contribution in [0.25, 0.3) is 0 Å². The molecule has 0 saturated heterocycles. The van der Waals surface area contributed by atoms with Crippen LogP contribution < -0.4 is 15.2 Å². The summed E-state index contributed by atoms with van der Waals surface area (Å²) >= 11 is 0. The fraction of sp³-hybridized carbons (Fsp3) is 0.455. The van der Waals surface area contributed by atoms with E-state index in [1.165, 1.54) is 25.3 Å². The van der Waals surface area contributed by atoms with E-state index in [1.807, 2.05) is 0 Å². The molecule has 0 bridgehead atoms. The van der Waals surface area contributed by atoms with E-state index in [0.29, 0.717) is 17.9 Å². The highest BCUT2D eigenvalue weighted by molar-refractivity contribution is 7.89. The van der Waals surface area contributed by atoms with Crippen LogP contribution in [0.2, 0.25) is 0 Å². The molecule has 0 radical (unpaired) electrons. The summed E-state index contributed by atoms with van der Waals surface area (Å²) in [6, 6.07) is 3.91. The maximum Gasteiger partial charge on any atom is 0.240 e. The predicted octanol–water partition coefficient (Wildman–Crippen LogP) is 0.327. The molecule has 0 fully saturated rings. The van der Waals surface area contributed by atoms with Crippen LogP contribution in [0.5, 0.6) is 5.75 Å². The van der Waals surface area contributed by atoms with E-state index in [-0.39, 0.29) is 17.5 Å². The Morgan fingerprint density at radius 2 is 2.17 bits per heavy atom. The van der Waals surface area contributed by atoms with Crippen LogP contribution in [0.1, 0.15) is 13.3 Å². The van der Waals surface area contributed by atoms with Crippen LogP contribution >= 0.6 is 0 Å². The van der Waals surface area contributed by atoms with E-state index < -0.39 is 10.0 Å². The minimum Gasteiger partial charge on any atom is -0.495 e. The van der Waals surface area contributed by atoms with E-state index in [2.05, 4.69) is 4.72 Å². The van der Waals surface area contributed by atoms with E-state index in [1.54, 1.807) is 6.92 Å². The molecule has 102 valence electrons. The predicted molar refractivity (Wildman–Crippen MR) is 68.9 cm³/mol. The number of hydrogen-bond donors (Lipinski definition) is 3. The normalized spacial score (nSPS) is 13.3. The Hall–Kier alpha value is -1.31. The lowest BCUT2D eigenvalue weighted by atomic mass is 10.3. The number of hydrogen-bond acceptors (Lipinski definition) is 5. The summed E-state index contributed by atoms with van der Waals surface area (Å²) in [6.07, 6.45) is 0.353. The van der Waals surface area contributed by atoms with Gasteiger partial charge in [0.15, 0.2) is 0 Å². The van der Waals surface area contributed by atoms with Gasteiger partial charge in [-0.25, -0.2) is 13.1 Å². The molecular formula is C11H18N2O4S. The third-order valence-electron chi connectivity index (χ3n) is 2.43. The van der Waals surface area contributed by atoms with Crippen LogP contribution in [0.3, 0.4) is 0 Å². The molecule has 0 aliphatic heterocycles. The van der Waals surface area contributed by atoms with Crippen LogP contribution in [-0.4, -0.2) is 33.3 Å². The highest BCUT2D eigenvalue weighted by Crippen LogP contribution is 2.24. The number of sulfonamides is 1. The number of nitrogens with two attached hydrogens (primary N) is 1. The number of anilines is 1. The van der Waals surface area contributed by atoms with E-state index in [0.717, 1.165) is 0 Å². The van der Waals surface area contributed by atoms with Crippen LogP contribution in [0, 0.1) is 0 Å². The molecule has 18 heavy (non-hydrogen) atoms. The van der Waals surface area contributed by atoms with Crippen molar-refractivity contribution in [2.24, 2.45) is 0 Å². The standard InChI is InChI=1S/C11H18N2O4S/c1-8(5-6-14)13-18(15,16)9-3-4-10(12)11(7-9)17-2/h3-4,7-8,13-14H,5-6,12H2,1-2H3. The Morgan fingerprint density at radius 1 is 1.50 bits per heavy atom. The first-order valence-corrected chi connectivity index (χ1v) is 6.95. The molecule has 0 amide bonds. The van der Waals surface area contributed by atoms with Crippen molar-refractivity contribution in [3.8, 4) is 5.75 Å². The first kappa shape index (κ1) is 14.7. The molecule has 0 saturated carbocycles. The highest BCUT2D eigenvalue weighted by atomic mass is 32.2. The molecule has 1 aromatic rings. The summed E-state index contributed by atoms with van der Waals surface area (Å²) in [7, 11) is -2.21. The van der Waals surface area contributed by atoms with Gasteiger partial charge >= 0.3 is 0 Å². The van der Waals surface area contributed by atoms with E-state index >= 15 is 0 Å². The number of ether oxygens (including phenoxy) is 1. The van der Waals surface area contributed by atoms with Crippen molar-refractivity contribution in [2.45, 2.75) is 24.3 Å². The van der Waals surface area contributed by atoms with Gasteiger partial charge in [0.1, 0.15) is 5.75 Å². The molecule has 0 aliphatic rings. The molecule has 0 aromatic heterocycles. The minimum absolute atomic E-state index is 0.0747. The lowest BCUT2D eigenvalue weighted by Gasteiger charge is -2.14. The van der Waals surface area contributed by atoms with Gasteiger partial charge in [0, 0.05) is 18.7 Å². The zero-order valence-electron chi connectivity index (χ0n) is 10.4. The summed E-state index contributed by atoms with van der Waals surface area (Å²) in [4.78, 5) is 0.0818. The van der Waals surface area contributed by atoms with Gasteiger partial charge in [-0.3, -0.25) is 0 Å². The molecular weight excluding hydrogens is 256 g/mol. The second kappa shape index (κ2) is 6.03. The first-order chi connectivity index (χ1) is 8.40. The number of aliphatic hydroxyl groups is 1. The zero-order chi connectivity index (χ0) is 13.8. The third kappa shape index (κ3) is 3.59. The monoisotopic (exact) mass is 274 g/mol. The summed E-state index contributed by atoms with van der Waals surface area (Å²) in [5.74, 6) is 0.313. The van der Waals surface area contributed by atoms with Gasteiger partial charge in [-0.15, -0.1) is 0 Å². The van der Waals surface area contributed by atoms with Gasteiger partial charge in [0.25, 0.3) is 0 Å². The van der Waals surface area contributed by atoms with Gasteiger partial charge in [0.2, 0.25) is 10.0 Å². The van der Waals surface area contributed by atoms with Crippen molar-refractivity contribution >= 4 is 15.7 Å². The van der Waals surface area contributed by atoms with Crippen molar-refractivity contribution < 1.29 is 18.3 Å². The molecule has 1 unspecified atom stereocenters. The number of benzene rings is 1. The van der Waals surface area contributed by atoms with Crippen LogP contribution in [0.15, 0.2) is 23.1 Å². The van der Waals surface area contributed by atoms with Crippen molar-refractivity contribution in [1.29, 1.82) is 0 Å². The van der Waals surface area contributed by atoms with E-state index in [4.69, 9.17) is 15.6 Å². The Bertz CT molecular complexity index is 502. The molecule has 1 atom stereocenters. The van der Waals surface area contributed by atoms with Crippen molar-refractivity contribution in [2.75, 3.05) is 19.5 Å². The molecule has 0 heterocycles. The van der Waals surface area contributed by atoms with Gasteiger partial charge in [0.05, 0.1) is 17.7 Å². The Morgan fingerprint density at radius 3 is 2.72 bits per heavy atom. The SMILES string of the molecule is COc1cc(S(=O)(=O)NC(C)CCO)ccc1N. The number of nitrogen functional groups attached to an aromatic ring is 1. The minimum atomic E-state index is -3.63. The largest absolute Gasteiger partial charge is 0.495 e. The number of aliphatic hydroxyl groups excluding tert-OH is 1. The zero-order valence-corrected chi connectivity index (χ0v) is 11.2. The second-order valence-electron chi connectivity index (χ2n) is 3.94. The second-order valence-corrected chi connectivity index (χ2v) is 5.65. The summed E-state index contributed by atoms with van der Waals surface area (Å²) in [5.41, 5.74) is 5.99. The average molecular weight is 274 g/mol. The van der Waals surface area contributed by atoms with E-state index in [9.17, 15) is 8.42 Å². The smallest absolute Gasteiger partial charge is 0.240 e. The molecule has 0 spiro atoms. The molecule has 1 rings (SSSR count). The Balaban J connectivity index is 2.98. The lowest BCUT2D eigenvalue weighted by molar-refractivity contribution is 0.275. The summed E-state index contributed by atoms with van der Waals surface area (Å²) in [5, 5.41) is 8.75. The van der Waals surface area contributed by atoms with Crippen molar-refractivity contribution in [1.82, 2.24) is 4.72 Å². The maximum absolute atomic E-state index is 12.0. The van der Waals surface area contributed by atoms with Gasteiger partial charge in [-0.05, 0) is 25.5 Å². The number of rotatable bonds is 6. The quantitative estimate of drug-likeness (QED) is 0.649. The molecule has 1 aromatic carbocycles. The molecule has 0 aliphatic carbocycles. The Kier molecular flexibility index (Phi) is 4.94. The molecule has 4 N–H and O–H groups in total. The maximum atomic E-state index is 12.0. The molecule has 7 heteroatoms. The van der Waals surface area contributed by atoms with Crippen LogP contribution in [-0.2, 0) is 10.0 Å². The van der Waals surface area contributed by atoms with Gasteiger partial charge in [-0.2, -0.15) is 0 Å². The third-order valence-corrected chi connectivity index (χ3v) is 4.02. The topological polar surface area (TPSA) is 102 Å². The van der Waals surface area contributed by atoms with Crippen molar-refractivity contribution in [3.05, 3.63) is 18.2 Å². The fourth-order valence-corrected chi connectivity index (χ4v) is 2.74. The summed E-state index contributed by atoms with van der Waals surface area (Å²) < 4.78 is 31.5. The molecule has 6 nitrogen and oxygen atoms in total. The average Bonchev–Trinajstić information content (AvgIpc) is 2.28. The van der Waals surface area contributed by atoms with Gasteiger partial charge in [-0.1, -0.05) is 0 Å².